The number of halogens is 1. The van der Waals surface area contributed by atoms with Crippen LogP contribution in [0.25, 0.3) is 5.69 Å². The number of amides is 1. The molecule has 0 spiro atoms. The number of nitrogens with zero attached hydrogens (tertiary/aromatic N) is 4. The second-order valence-corrected chi connectivity index (χ2v) is 8.81. The number of morpholine rings is 1. The van der Waals surface area contributed by atoms with Gasteiger partial charge in [0, 0.05) is 18.8 Å². The van der Waals surface area contributed by atoms with Gasteiger partial charge >= 0.3 is 0 Å². The molecule has 1 aliphatic rings. The van der Waals surface area contributed by atoms with Crippen LogP contribution in [-0.2, 0) is 16.0 Å². The highest BCUT2D eigenvalue weighted by atomic mass is 32.2. The molecule has 2 heterocycles. The number of thioether (sulfide) groups is 1. The molecule has 1 fully saturated rings. The summed E-state index contributed by atoms with van der Waals surface area (Å²) in [7, 11) is 0. The quantitative estimate of drug-likeness (QED) is 0.545. The molecule has 1 aromatic heterocycles. The fourth-order valence-electron chi connectivity index (χ4n) is 3.43. The van der Waals surface area contributed by atoms with E-state index in [1.165, 1.54) is 29.5 Å². The van der Waals surface area contributed by atoms with Gasteiger partial charge in [0.15, 0.2) is 5.16 Å². The minimum atomic E-state index is -0.435. The van der Waals surface area contributed by atoms with Crippen LogP contribution in [0.3, 0.4) is 0 Å². The van der Waals surface area contributed by atoms with Crippen LogP contribution in [0.2, 0.25) is 0 Å². The van der Waals surface area contributed by atoms with Gasteiger partial charge in [0.25, 0.3) is 0 Å². The lowest BCUT2D eigenvalue weighted by Crippen LogP contribution is -2.38. The number of anilines is 2. The molecule has 4 rings (SSSR count). The molecule has 1 atom stereocenters. The van der Waals surface area contributed by atoms with Crippen molar-refractivity contribution in [2.45, 2.75) is 30.7 Å². The molecule has 0 aliphatic carbocycles. The average Bonchev–Trinajstić information content (AvgIpc) is 3.23. The second kappa shape index (κ2) is 10.1. The number of hydrogen-bond donors (Lipinski definition) is 1. The first-order chi connectivity index (χ1) is 15.5. The first-order valence-electron chi connectivity index (χ1n) is 10.7. The summed E-state index contributed by atoms with van der Waals surface area (Å²) in [5.41, 5.74) is 2.58. The van der Waals surface area contributed by atoms with Crippen molar-refractivity contribution in [2.75, 3.05) is 36.5 Å². The third-order valence-corrected chi connectivity index (χ3v) is 6.30. The van der Waals surface area contributed by atoms with E-state index in [0.717, 1.165) is 12.1 Å². The summed E-state index contributed by atoms with van der Waals surface area (Å²) >= 11 is 1.29. The topological polar surface area (TPSA) is 72.3 Å². The second-order valence-electron chi connectivity index (χ2n) is 7.50. The number of benzene rings is 2. The average molecular weight is 456 g/mol. The largest absolute Gasteiger partial charge is 0.378 e. The van der Waals surface area contributed by atoms with Crippen molar-refractivity contribution in [1.29, 1.82) is 0 Å². The van der Waals surface area contributed by atoms with Gasteiger partial charge in [-0.05, 0) is 49.2 Å². The van der Waals surface area contributed by atoms with Crippen molar-refractivity contribution in [3.8, 4) is 5.69 Å². The molecule has 2 aromatic carbocycles. The van der Waals surface area contributed by atoms with Gasteiger partial charge in [0.2, 0.25) is 11.9 Å². The molecule has 1 unspecified atom stereocenters. The van der Waals surface area contributed by atoms with E-state index in [4.69, 9.17) is 4.74 Å². The molecule has 7 nitrogen and oxygen atoms in total. The molecule has 0 saturated carbocycles. The van der Waals surface area contributed by atoms with Crippen LogP contribution < -0.4 is 10.2 Å². The highest BCUT2D eigenvalue weighted by Crippen LogP contribution is 2.30. The van der Waals surface area contributed by atoms with E-state index in [2.05, 4.69) is 27.3 Å². The van der Waals surface area contributed by atoms with Gasteiger partial charge in [-0.3, -0.25) is 9.36 Å². The highest BCUT2D eigenvalue weighted by Gasteiger charge is 2.25. The van der Waals surface area contributed by atoms with Crippen LogP contribution in [-0.4, -0.2) is 52.2 Å². The molecule has 168 valence electrons. The number of ether oxygens (including phenoxy) is 1. The Labute approximate surface area is 191 Å². The van der Waals surface area contributed by atoms with Crippen molar-refractivity contribution in [3.63, 3.8) is 0 Å². The van der Waals surface area contributed by atoms with Crippen LogP contribution in [0, 0.1) is 5.82 Å². The molecule has 9 heteroatoms. The molecular weight excluding hydrogens is 429 g/mol. The fraction of sp³-hybridized carbons (Fsp3) is 0.348. The molecular formula is C23H26FN5O2S. The summed E-state index contributed by atoms with van der Waals surface area (Å²) in [5, 5.41) is 11.8. The van der Waals surface area contributed by atoms with Gasteiger partial charge in [0.1, 0.15) is 5.82 Å². The molecule has 1 aliphatic heterocycles. The van der Waals surface area contributed by atoms with Crippen molar-refractivity contribution < 1.29 is 13.9 Å². The number of carbonyl (C=O) groups excluding carboxylic acids is 1. The zero-order valence-corrected chi connectivity index (χ0v) is 18.9. The van der Waals surface area contributed by atoms with Crippen LogP contribution >= 0.6 is 11.8 Å². The number of aromatic nitrogens is 3. The Morgan fingerprint density at radius 1 is 1.19 bits per heavy atom. The maximum atomic E-state index is 14.0. The number of nitrogens with one attached hydrogen (secondary N) is 1. The predicted octanol–water partition coefficient (Wildman–Crippen LogP) is 3.92. The van der Waals surface area contributed by atoms with Crippen LogP contribution in [0.1, 0.15) is 19.4 Å². The van der Waals surface area contributed by atoms with Crippen molar-refractivity contribution in [1.82, 2.24) is 14.8 Å². The van der Waals surface area contributed by atoms with E-state index < -0.39 is 5.25 Å². The van der Waals surface area contributed by atoms with Crippen LogP contribution in [0.15, 0.2) is 53.7 Å². The Morgan fingerprint density at radius 3 is 2.62 bits per heavy atom. The molecule has 0 bridgehead atoms. The smallest absolute Gasteiger partial charge is 0.237 e. The highest BCUT2D eigenvalue weighted by molar-refractivity contribution is 8.00. The monoisotopic (exact) mass is 455 g/mol. The van der Waals surface area contributed by atoms with Crippen molar-refractivity contribution >= 4 is 29.3 Å². The van der Waals surface area contributed by atoms with E-state index in [-0.39, 0.29) is 11.7 Å². The summed E-state index contributed by atoms with van der Waals surface area (Å²) in [6, 6.07) is 14.1. The molecule has 32 heavy (non-hydrogen) atoms. The Hall–Kier alpha value is -2.91. The Kier molecular flexibility index (Phi) is 7.06. The van der Waals surface area contributed by atoms with E-state index in [0.29, 0.717) is 43.1 Å². The summed E-state index contributed by atoms with van der Waals surface area (Å²) in [6.07, 6.45) is 0.946. The maximum Gasteiger partial charge on any atom is 0.237 e. The van der Waals surface area contributed by atoms with E-state index in [1.54, 1.807) is 16.7 Å². The van der Waals surface area contributed by atoms with Gasteiger partial charge in [-0.1, -0.05) is 36.9 Å². The third-order valence-electron chi connectivity index (χ3n) is 5.26. The number of hydrogen-bond acceptors (Lipinski definition) is 6. The van der Waals surface area contributed by atoms with Crippen LogP contribution in [0.5, 0.6) is 0 Å². The SMILES string of the molecule is CCc1ccc(NC(=O)C(C)Sc2nnc(N3CCOCC3)n2-c2cccc(F)c2)cc1. The first-order valence-corrected chi connectivity index (χ1v) is 11.5. The lowest BCUT2D eigenvalue weighted by atomic mass is 10.1. The molecule has 1 amide bonds. The normalized spacial score (nSPS) is 14.9. The lowest BCUT2D eigenvalue weighted by Gasteiger charge is -2.28. The van der Waals surface area contributed by atoms with Gasteiger partial charge < -0.3 is 15.0 Å². The Morgan fingerprint density at radius 2 is 1.94 bits per heavy atom. The first kappa shape index (κ1) is 22.3. The summed E-state index contributed by atoms with van der Waals surface area (Å²) in [5.74, 6) is 0.131. The van der Waals surface area contributed by atoms with Gasteiger partial charge in [-0.15, -0.1) is 10.2 Å². The number of aryl methyl sites for hydroxylation is 1. The zero-order valence-electron chi connectivity index (χ0n) is 18.1. The van der Waals surface area contributed by atoms with Crippen LogP contribution in [0.4, 0.5) is 16.0 Å². The van der Waals surface area contributed by atoms with Crippen molar-refractivity contribution in [3.05, 3.63) is 59.9 Å². The Bertz CT molecular complexity index is 1070. The Balaban J connectivity index is 1.56. The minimum absolute atomic E-state index is 0.138. The zero-order chi connectivity index (χ0) is 22.5. The molecule has 3 aromatic rings. The molecule has 0 radical (unpaired) electrons. The third kappa shape index (κ3) is 5.11. The van der Waals surface area contributed by atoms with Crippen molar-refractivity contribution in [2.24, 2.45) is 0 Å². The minimum Gasteiger partial charge on any atom is -0.378 e. The van der Waals surface area contributed by atoms with E-state index in [1.807, 2.05) is 31.2 Å². The maximum absolute atomic E-state index is 14.0. The summed E-state index contributed by atoms with van der Waals surface area (Å²) < 4.78 is 21.2. The van der Waals surface area contributed by atoms with Gasteiger partial charge in [-0.2, -0.15) is 0 Å². The number of rotatable bonds is 7. The van der Waals surface area contributed by atoms with Gasteiger partial charge in [0.05, 0.1) is 24.2 Å². The molecule has 1 saturated heterocycles. The van der Waals surface area contributed by atoms with E-state index in [9.17, 15) is 9.18 Å². The standard InChI is InChI=1S/C23H26FN5O2S/c1-3-17-7-9-19(10-8-17)25-21(30)16(2)32-23-27-26-22(28-11-13-31-14-12-28)29(23)20-6-4-5-18(24)15-20/h4-10,15-16H,3,11-14H2,1-2H3,(H,25,30). The van der Waals surface area contributed by atoms with Gasteiger partial charge in [-0.25, -0.2) is 4.39 Å². The van der Waals surface area contributed by atoms with E-state index >= 15 is 0 Å². The fourth-order valence-corrected chi connectivity index (χ4v) is 4.29. The lowest BCUT2D eigenvalue weighted by molar-refractivity contribution is -0.115. The summed E-state index contributed by atoms with van der Waals surface area (Å²) in [6.45, 7) is 6.43. The predicted molar refractivity (Wildman–Crippen MR) is 124 cm³/mol. The number of carbonyl (C=O) groups is 1. The summed E-state index contributed by atoms with van der Waals surface area (Å²) in [4.78, 5) is 14.9. The molecule has 1 N–H and O–H groups in total.